The predicted octanol–water partition coefficient (Wildman–Crippen LogP) is 14.7. The van der Waals surface area contributed by atoms with Crippen LogP contribution in [0.4, 0.5) is 0 Å². The minimum absolute atomic E-state index is 0.461. The van der Waals surface area contributed by atoms with E-state index in [1.807, 2.05) is 6.07 Å². The Morgan fingerprint density at radius 2 is 0.491 bits per heavy atom. The lowest BCUT2D eigenvalue weighted by Crippen LogP contribution is -2.11. The number of phenols is 1. The molecule has 0 heterocycles. The summed E-state index contributed by atoms with van der Waals surface area (Å²) < 4.78 is 0. The molecule has 300 valence electrons. The van der Waals surface area contributed by atoms with Crippen molar-refractivity contribution in [2.24, 2.45) is 0 Å². The van der Waals surface area contributed by atoms with E-state index in [0.717, 1.165) is 108 Å². The highest BCUT2D eigenvalue weighted by Crippen LogP contribution is 2.36. The second-order valence-corrected chi connectivity index (χ2v) is 16.5. The summed E-state index contributed by atoms with van der Waals surface area (Å²) in [5.41, 5.74) is 22.4. The van der Waals surface area contributed by atoms with Crippen molar-refractivity contribution in [1.29, 1.82) is 0 Å². The zero-order chi connectivity index (χ0) is 39.7. The smallest absolute Gasteiger partial charge is 0.119 e. The zero-order valence-corrected chi connectivity index (χ0v) is 36.9. The number of hydrogen-bond donors (Lipinski definition) is 1. The molecule has 0 unspecified atom stereocenters. The molecule has 0 aliphatic heterocycles. The summed E-state index contributed by atoms with van der Waals surface area (Å²) in [6.45, 7) is 20.9. The van der Waals surface area contributed by atoms with E-state index < -0.39 is 0 Å². The minimum atomic E-state index is 0.461. The average Bonchev–Trinajstić information content (AvgIpc) is 3.17. The lowest BCUT2D eigenvalue weighted by atomic mass is 9.81. The Kier molecular flexibility index (Phi) is 18.6. The fourth-order valence-corrected chi connectivity index (χ4v) is 9.64. The van der Waals surface area contributed by atoms with Crippen molar-refractivity contribution in [3.05, 3.63) is 132 Å². The molecule has 0 saturated heterocycles. The maximum atomic E-state index is 12.0. The molecule has 0 saturated carbocycles. The van der Waals surface area contributed by atoms with E-state index in [1.54, 1.807) is 44.5 Å². The van der Waals surface area contributed by atoms with Gasteiger partial charge in [-0.2, -0.15) is 0 Å². The van der Waals surface area contributed by atoms with Crippen LogP contribution in [0.3, 0.4) is 0 Å². The van der Waals surface area contributed by atoms with Gasteiger partial charge in [0.25, 0.3) is 0 Å². The molecule has 0 radical (unpaired) electrons. The fraction of sp³-hybridized carbons (Fsp3) is 0.556. The molecular weight excluding hydrogens is 665 g/mol. The summed E-state index contributed by atoms with van der Waals surface area (Å²) in [5.74, 6) is 0.461. The third kappa shape index (κ3) is 11.2. The molecule has 0 atom stereocenters. The Labute approximate surface area is 338 Å². The van der Waals surface area contributed by atoms with Crippen LogP contribution in [0, 0.1) is 0 Å². The second kappa shape index (κ2) is 23.0. The molecule has 0 fully saturated rings. The van der Waals surface area contributed by atoms with Gasteiger partial charge >= 0.3 is 0 Å². The molecule has 4 aromatic rings. The molecule has 0 aliphatic rings. The Balaban J connectivity index is 2.01. The molecule has 0 amide bonds. The summed E-state index contributed by atoms with van der Waals surface area (Å²) in [4.78, 5) is 0. The van der Waals surface area contributed by atoms with Gasteiger partial charge in [0.15, 0.2) is 0 Å². The van der Waals surface area contributed by atoms with Gasteiger partial charge in [0.2, 0.25) is 0 Å². The highest BCUT2D eigenvalue weighted by Gasteiger charge is 2.22. The van der Waals surface area contributed by atoms with Crippen molar-refractivity contribution in [1.82, 2.24) is 0 Å². The quantitative estimate of drug-likeness (QED) is 0.0758. The van der Waals surface area contributed by atoms with Crippen molar-refractivity contribution in [3.8, 4) is 5.75 Å². The molecular formula is C54H78O. The van der Waals surface area contributed by atoms with Crippen LogP contribution in [-0.2, 0) is 77.0 Å². The summed E-state index contributed by atoms with van der Waals surface area (Å²) >= 11 is 0. The molecule has 1 heteroatoms. The van der Waals surface area contributed by atoms with Crippen LogP contribution in [0.5, 0.6) is 5.75 Å². The maximum absolute atomic E-state index is 12.0. The van der Waals surface area contributed by atoms with Crippen molar-refractivity contribution >= 4 is 0 Å². The van der Waals surface area contributed by atoms with Crippen LogP contribution in [0.2, 0.25) is 0 Å². The highest BCUT2D eigenvalue weighted by molar-refractivity contribution is 5.55. The first kappa shape index (κ1) is 44.4. The first-order chi connectivity index (χ1) is 26.8. The third-order valence-corrected chi connectivity index (χ3v) is 12.1. The second-order valence-electron chi connectivity index (χ2n) is 16.5. The highest BCUT2D eigenvalue weighted by atomic mass is 16.3. The predicted molar refractivity (Wildman–Crippen MR) is 242 cm³/mol. The van der Waals surface area contributed by atoms with Crippen molar-refractivity contribution in [2.45, 2.75) is 197 Å². The van der Waals surface area contributed by atoms with Crippen LogP contribution < -0.4 is 0 Å². The third-order valence-electron chi connectivity index (χ3n) is 12.1. The number of aromatic hydroxyl groups is 1. The van der Waals surface area contributed by atoms with Crippen LogP contribution in [-0.4, -0.2) is 5.11 Å². The van der Waals surface area contributed by atoms with Gasteiger partial charge in [-0.25, -0.2) is 0 Å². The normalized spacial score (nSPS) is 11.5. The van der Waals surface area contributed by atoms with Gasteiger partial charge in [-0.05, 0) is 155 Å². The van der Waals surface area contributed by atoms with Gasteiger partial charge in [0, 0.05) is 12.0 Å². The number of rotatable bonds is 24. The monoisotopic (exact) mass is 743 g/mol. The maximum Gasteiger partial charge on any atom is 0.119 e. The lowest BCUT2D eigenvalue weighted by molar-refractivity contribution is 0.468. The van der Waals surface area contributed by atoms with E-state index in [-0.39, 0.29) is 0 Å². The zero-order valence-electron chi connectivity index (χ0n) is 36.9. The van der Waals surface area contributed by atoms with Gasteiger partial charge in [0.1, 0.15) is 5.75 Å². The van der Waals surface area contributed by atoms with Crippen LogP contribution >= 0.6 is 0 Å². The average molecular weight is 743 g/mol. The first-order valence-electron chi connectivity index (χ1n) is 23.0. The van der Waals surface area contributed by atoms with Gasteiger partial charge in [-0.15, -0.1) is 0 Å². The Morgan fingerprint density at radius 3 is 0.818 bits per heavy atom. The van der Waals surface area contributed by atoms with Crippen molar-refractivity contribution in [3.63, 3.8) is 0 Å². The van der Waals surface area contributed by atoms with Gasteiger partial charge < -0.3 is 5.11 Å². The molecule has 0 spiro atoms. The summed E-state index contributed by atoms with van der Waals surface area (Å²) in [7, 11) is 0. The molecule has 4 aromatic carbocycles. The molecule has 55 heavy (non-hydrogen) atoms. The fourth-order valence-electron chi connectivity index (χ4n) is 9.64. The largest absolute Gasteiger partial charge is 0.508 e. The van der Waals surface area contributed by atoms with Gasteiger partial charge in [-0.3, -0.25) is 0 Å². The van der Waals surface area contributed by atoms with Crippen LogP contribution in [0.25, 0.3) is 0 Å². The van der Waals surface area contributed by atoms with Crippen molar-refractivity contribution < 1.29 is 5.11 Å². The molecule has 0 bridgehead atoms. The van der Waals surface area contributed by atoms with E-state index in [1.165, 1.54) is 65.5 Å². The minimum Gasteiger partial charge on any atom is -0.508 e. The van der Waals surface area contributed by atoms with E-state index in [4.69, 9.17) is 0 Å². The molecule has 1 N–H and O–H groups in total. The molecule has 1 nitrogen and oxygen atoms in total. The van der Waals surface area contributed by atoms with E-state index in [0.29, 0.717) is 5.75 Å². The topological polar surface area (TPSA) is 20.2 Å². The summed E-state index contributed by atoms with van der Waals surface area (Å²) in [5, 5.41) is 12.0. The standard InChI is InChI=1S/C54H78O/c1-10-19-39-28-31-42(49(25-16-7)46(39)22-13-4)36-43-34-35-54(55)53(38-45-33-30-41(21-12-3)48(24-15-6)51(45)27-18-9)52(43)37-44-32-29-40(20-11-2)47(23-14-5)50(44)26-17-8/h28-35,55H,10-27,36-38H2,1-9H3. The van der Waals surface area contributed by atoms with E-state index >= 15 is 0 Å². The number of aryl methyl sites for hydroxylation is 3. The van der Waals surface area contributed by atoms with Gasteiger partial charge in [0.05, 0.1) is 0 Å². The molecule has 0 aromatic heterocycles. The summed E-state index contributed by atoms with van der Waals surface area (Å²) in [6, 6.07) is 19.0. The Bertz CT molecular complexity index is 1790. The van der Waals surface area contributed by atoms with Crippen LogP contribution in [0.1, 0.15) is 204 Å². The number of benzene rings is 4. The Morgan fingerprint density at radius 1 is 0.255 bits per heavy atom. The SMILES string of the molecule is CCCc1ccc(Cc2ccc(O)c(Cc3ccc(CCC)c(CCC)c3CCC)c2Cc2ccc(CCC)c(CCC)c2CCC)c(CCC)c1CCC. The van der Waals surface area contributed by atoms with Crippen LogP contribution in [0.15, 0.2) is 48.5 Å². The Hall–Kier alpha value is -3.32. The number of phenolic OH excluding ortho intramolecular Hbond substituents is 1. The molecule has 0 aliphatic carbocycles. The van der Waals surface area contributed by atoms with Gasteiger partial charge in [-0.1, -0.05) is 163 Å². The van der Waals surface area contributed by atoms with E-state index in [9.17, 15) is 5.11 Å². The lowest BCUT2D eigenvalue weighted by Gasteiger charge is -2.24. The first-order valence-corrected chi connectivity index (χ1v) is 23.0. The van der Waals surface area contributed by atoms with E-state index in [2.05, 4.69) is 105 Å². The summed E-state index contributed by atoms with van der Waals surface area (Å²) in [6.07, 6.45) is 23.3. The van der Waals surface area contributed by atoms with Crippen molar-refractivity contribution in [2.75, 3.05) is 0 Å². The molecule has 4 rings (SSSR count). The number of hydrogen-bond acceptors (Lipinski definition) is 1.